The molecule has 4 heteroatoms. The molecular weight excluding hydrogens is 326 g/mol. The van der Waals surface area contributed by atoms with Gasteiger partial charge >= 0.3 is 5.97 Å². The molecule has 26 heavy (non-hydrogen) atoms. The van der Waals surface area contributed by atoms with Crippen LogP contribution >= 0.6 is 0 Å². The van der Waals surface area contributed by atoms with Gasteiger partial charge in [0.2, 0.25) is 0 Å². The molecule has 0 radical (unpaired) electrons. The van der Waals surface area contributed by atoms with Crippen LogP contribution < -0.4 is 4.90 Å². The maximum atomic E-state index is 12.8. The molecule has 0 bridgehead atoms. The maximum Gasteiger partial charge on any atom is 0.340 e. The molecule has 0 saturated heterocycles. The van der Waals surface area contributed by atoms with Crippen LogP contribution in [0.25, 0.3) is 0 Å². The summed E-state index contributed by atoms with van der Waals surface area (Å²) in [7, 11) is 1.43. The second kappa shape index (κ2) is 9.29. The number of carbonyl (C=O) groups excluding carboxylic acids is 1. The average Bonchev–Trinajstić information content (AvgIpc) is 2.64. The summed E-state index contributed by atoms with van der Waals surface area (Å²) in [5, 5.41) is 11.1. The summed E-state index contributed by atoms with van der Waals surface area (Å²) in [6, 6.07) is 0. The van der Waals surface area contributed by atoms with Crippen molar-refractivity contribution in [3.8, 4) is 5.75 Å². The minimum atomic E-state index is -0.321. The van der Waals surface area contributed by atoms with E-state index in [9.17, 15) is 9.90 Å². The van der Waals surface area contributed by atoms with Crippen LogP contribution in [0.1, 0.15) is 79.9 Å². The van der Waals surface area contributed by atoms with Gasteiger partial charge in [0.1, 0.15) is 5.75 Å². The van der Waals surface area contributed by atoms with Gasteiger partial charge in [-0.25, -0.2) is 4.79 Å². The third-order valence-corrected chi connectivity index (χ3v) is 5.64. The molecule has 0 spiro atoms. The first kappa shape index (κ1) is 20.6. The van der Waals surface area contributed by atoms with Gasteiger partial charge in [0.05, 0.1) is 18.4 Å². The van der Waals surface area contributed by atoms with Gasteiger partial charge in [-0.2, -0.15) is 0 Å². The second-order valence-corrected chi connectivity index (χ2v) is 7.69. The molecule has 146 valence electrons. The van der Waals surface area contributed by atoms with E-state index in [0.29, 0.717) is 17.2 Å². The van der Waals surface area contributed by atoms with E-state index >= 15 is 0 Å². The number of phenols is 1. The second-order valence-electron chi connectivity index (χ2n) is 7.69. The summed E-state index contributed by atoms with van der Waals surface area (Å²) in [4.78, 5) is 15.0. The fourth-order valence-corrected chi connectivity index (χ4v) is 4.03. The summed E-state index contributed by atoms with van der Waals surface area (Å²) in [6.45, 7) is 10.3. The van der Waals surface area contributed by atoms with E-state index in [0.717, 1.165) is 74.7 Å². The highest BCUT2D eigenvalue weighted by atomic mass is 16.5. The SMILES string of the molecule is CCCCN(CCCC)c1c(O)c(C)c2c(c1C(=O)OC)CC(C)CC2. The molecule has 1 N–H and O–H groups in total. The molecule has 4 nitrogen and oxygen atoms in total. The van der Waals surface area contributed by atoms with Crippen LogP contribution in [0.2, 0.25) is 0 Å². The van der Waals surface area contributed by atoms with E-state index in [2.05, 4.69) is 25.7 Å². The predicted molar refractivity (Wildman–Crippen MR) is 107 cm³/mol. The van der Waals surface area contributed by atoms with Crippen molar-refractivity contribution in [2.45, 2.75) is 72.6 Å². The first-order valence-corrected chi connectivity index (χ1v) is 10.2. The summed E-state index contributed by atoms with van der Waals surface area (Å²) in [5.74, 6) is 0.493. The zero-order chi connectivity index (χ0) is 19.3. The molecule has 1 aliphatic carbocycles. The number of unbranched alkanes of at least 4 members (excludes halogenated alkanes) is 2. The Hall–Kier alpha value is -1.71. The minimum absolute atomic E-state index is 0.269. The van der Waals surface area contributed by atoms with Gasteiger partial charge < -0.3 is 14.7 Å². The van der Waals surface area contributed by atoms with Gasteiger partial charge in [0.15, 0.2) is 0 Å². The normalized spacial score (nSPS) is 16.3. The van der Waals surface area contributed by atoms with Crippen LogP contribution in [-0.4, -0.2) is 31.3 Å². The Labute approximate surface area is 158 Å². The van der Waals surface area contributed by atoms with Gasteiger partial charge in [0, 0.05) is 13.1 Å². The molecule has 0 heterocycles. The number of fused-ring (bicyclic) bond motifs is 1. The monoisotopic (exact) mass is 361 g/mol. The van der Waals surface area contributed by atoms with E-state index in [1.54, 1.807) is 0 Å². The Kier molecular flexibility index (Phi) is 7.36. The van der Waals surface area contributed by atoms with Crippen LogP contribution in [0.4, 0.5) is 5.69 Å². The van der Waals surface area contributed by atoms with Gasteiger partial charge in [-0.15, -0.1) is 0 Å². The Morgan fingerprint density at radius 1 is 1.19 bits per heavy atom. The highest BCUT2D eigenvalue weighted by molar-refractivity contribution is 6.00. The highest BCUT2D eigenvalue weighted by Gasteiger charge is 2.31. The lowest BCUT2D eigenvalue weighted by Gasteiger charge is -2.33. The molecule has 0 fully saturated rings. The zero-order valence-corrected chi connectivity index (χ0v) is 17.2. The Balaban J connectivity index is 2.66. The highest BCUT2D eigenvalue weighted by Crippen LogP contribution is 2.43. The lowest BCUT2D eigenvalue weighted by atomic mass is 9.79. The van der Waals surface area contributed by atoms with E-state index in [1.165, 1.54) is 7.11 Å². The Morgan fingerprint density at radius 3 is 2.35 bits per heavy atom. The van der Waals surface area contributed by atoms with E-state index < -0.39 is 0 Å². The van der Waals surface area contributed by atoms with Crippen molar-refractivity contribution in [1.82, 2.24) is 0 Å². The third-order valence-electron chi connectivity index (χ3n) is 5.64. The van der Waals surface area contributed by atoms with Crippen LogP contribution in [0.15, 0.2) is 0 Å². The van der Waals surface area contributed by atoms with Crippen molar-refractivity contribution in [2.75, 3.05) is 25.1 Å². The van der Waals surface area contributed by atoms with Gasteiger partial charge in [-0.3, -0.25) is 0 Å². The van der Waals surface area contributed by atoms with Crippen molar-refractivity contribution in [3.63, 3.8) is 0 Å². The number of anilines is 1. The number of hydrogen-bond acceptors (Lipinski definition) is 4. The summed E-state index contributed by atoms with van der Waals surface area (Å²) < 4.78 is 5.16. The first-order valence-electron chi connectivity index (χ1n) is 10.2. The zero-order valence-electron chi connectivity index (χ0n) is 17.2. The molecule has 1 atom stereocenters. The van der Waals surface area contributed by atoms with E-state index in [-0.39, 0.29) is 11.7 Å². The topological polar surface area (TPSA) is 49.8 Å². The number of hydrogen-bond donors (Lipinski definition) is 1. The summed E-state index contributed by atoms with van der Waals surface area (Å²) in [5.41, 5.74) is 4.48. The predicted octanol–water partition coefficient (Wildman–Crippen LogP) is 5.02. The van der Waals surface area contributed by atoms with Crippen LogP contribution in [-0.2, 0) is 17.6 Å². The van der Waals surface area contributed by atoms with Gasteiger partial charge in [0.25, 0.3) is 0 Å². The van der Waals surface area contributed by atoms with Crippen molar-refractivity contribution < 1.29 is 14.6 Å². The Morgan fingerprint density at radius 2 is 1.81 bits per heavy atom. The van der Waals surface area contributed by atoms with Crippen molar-refractivity contribution in [2.24, 2.45) is 5.92 Å². The summed E-state index contributed by atoms with van der Waals surface area (Å²) >= 11 is 0. The van der Waals surface area contributed by atoms with Crippen LogP contribution in [0.5, 0.6) is 5.75 Å². The van der Waals surface area contributed by atoms with Crippen molar-refractivity contribution in [3.05, 3.63) is 22.3 Å². The third kappa shape index (κ3) is 4.16. The van der Waals surface area contributed by atoms with Gasteiger partial charge in [-0.1, -0.05) is 33.6 Å². The van der Waals surface area contributed by atoms with Crippen molar-refractivity contribution in [1.29, 1.82) is 0 Å². The number of nitrogens with zero attached hydrogens (tertiary/aromatic N) is 1. The molecule has 1 aliphatic rings. The number of ether oxygens (including phenoxy) is 1. The number of benzene rings is 1. The minimum Gasteiger partial charge on any atom is -0.505 e. The van der Waals surface area contributed by atoms with Gasteiger partial charge in [-0.05, 0) is 61.6 Å². The molecule has 1 aromatic rings. The molecule has 0 aromatic heterocycles. The molecule has 1 aromatic carbocycles. The Bertz CT molecular complexity index is 631. The molecular formula is C22H35NO3. The molecule has 0 amide bonds. The molecule has 0 aliphatic heterocycles. The lowest BCUT2D eigenvalue weighted by molar-refractivity contribution is 0.0599. The number of rotatable bonds is 8. The van der Waals surface area contributed by atoms with E-state index in [4.69, 9.17) is 4.74 Å². The number of carbonyl (C=O) groups is 1. The number of methoxy groups -OCH3 is 1. The number of aromatic hydroxyl groups is 1. The van der Waals surface area contributed by atoms with Crippen LogP contribution in [0.3, 0.4) is 0 Å². The average molecular weight is 362 g/mol. The van der Waals surface area contributed by atoms with E-state index in [1.807, 2.05) is 6.92 Å². The number of phenolic OH excluding ortho intramolecular Hbond substituents is 1. The van der Waals surface area contributed by atoms with Crippen molar-refractivity contribution >= 4 is 11.7 Å². The number of esters is 1. The maximum absolute atomic E-state index is 12.8. The standard InChI is InChI=1S/C22H35NO3/c1-6-8-12-23(13-9-7-2)20-19(22(25)26-5)18-14-15(3)10-11-17(18)16(4)21(20)24/h15,24H,6-14H2,1-5H3. The quantitative estimate of drug-likeness (QED) is 0.661. The molecule has 0 saturated carbocycles. The lowest BCUT2D eigenvalue weighted by Crippen LogP contribution is -2.30. The van der Waals surface area contributed by atoms with Crippen LogP contribution in [0, 0.1) is 12.8 Å². The fourth-order valence-electron chi connectivity index (χ4n) is 4.03. The molecule has 2 rings (SSSR count). The fraction of sp³-hybridized carbons (Fsp3) is 0.682. The summed E-state index contributed by atoms with van der Waals surface area (Å²) in [6.07, 6.45) is 7.14. The smallest absolute Gasteiger partial charge is 0.340 e. The molecule has 1 unspecified atom stereocenters. The first-order chi connectivity index (χ1) is 12.5. The largest absolute Gasteiger partial charge is 0.505 e.